The molecular formula is C11H15ClN2O2. The number of pyridine rings is 1. The first-order valence-electron chi connectivity index (χ1n) is 5.17. The molecule has 4 nitrogen and oxygen atoms in total. The molecule has 0 aliphatic rings. The van der Waals surface area contributed by atoms with Crippen LogP contribution in [-0.2, 0) is 0 Å². The maximum atomic E-state index is 11.7. The number of hydrogen-bond acceptors (Lipinski definition) is 3. The second-order valence-corrected chi connectivity index (χ2v) is 3.97. The van der Waals surface area contributed by atoms with Crippen molar-refractivity contribution in [3.8, 4) is 0 Å². The van der Waals surface area contributed by atoms with Crippen LogP contribution in [0.25, 0.3) is 0 Å². The van der Waals surface area contributed by atoms with Crippen molar-refractivity contribution in [1.82, 2.24) is 10.3 Å². The van der Waals surface area contributed by atoms with Crippen LogP contribution in [0.4, 0.5) is 0 Å². The van der Waals surface area contributed by atoms with E-state index in [-0.39, 0.29) is 18.6 Å². The van der Waals surface area contributed by atoms with Gasteiger partial charge in [-0.25, -0.2) is 4.98 Å². The van der Waals surface area contributed by atoms with Gasteiger partial charge in [-0.1, -0.05) is 17.7 Å². The van der Waals surface area contributed by atoms with Crippen LogP contribution in [-0.4, -0.2) is 28.6 Å². The third kappa shape index (κ3) is 4.16. The summed E-state index contributed by atoms with van der Waals surface area (Å²) in [6, 6.07) is 4.93. The van der Waals surface area contributed by atoms with E-state index in [4.69, 9.17) is 16.7 Å². The van der Waals surface area contributed by atoms with E-state index in [1.807, 2.05) is 6.92 Å². The van der Waals surface area contributed by atoms with Crippen molar-refractivity contribution in [1.29, 1.82) is 0 Å². The highest BCUT2D eigenvalue weighted by Gasteiger charge is 2.10. The Morgan fingerprint density at radius 3 is 3.00 bits per heavy atom. The van der Waals surface area contributed by atoms with Gasteiger partial charge in [0.25, 0.3) is 5.91 Å². The van der Waals surface area contributed by atoms with Crippen molar-refractivity contribution in [2.45, 2.75) is 25.8 Å². The topological polar surface area (TPSA) is 62.2 Å². The van der Waals surface area contributed by atoms with Gasteiger partial charge in [-0.3, -0.25) is 4.79 Å². The Hall–Kier alpha value is -1.13. The number of nitrogens with one attached hydrogen (secondary N) is 1. The van der Waals surface area contributed by atoms with Gasteiger partial charge in [0.05, 0.1) is 0 Å². The molecule has 0 aromatic carbocycles. The lowest BCUT2D eigenvalue weighted by Gasteiger charge is -2.12. The van der Waals surface area contributed by atoms with E-state index < -0.39 is 0 Å². The fourth-order valence-electron chi connectivity index (χ4n) is 1.30. The van der Waals surface area contributed by atoms with Gasteiger partial charge in [-0.05, 0) is 31.9 Å². The van der Waals surface area contributed by atoms with E-state index in [2.05, 4.69) is 10.3 Å². The van der Waals surface area contributed by atoms with Gasteiger partial charge in [-0.2, -0.15) is 0 Å². The van der Waals surface area contributed by atoms with Crippen molar-refractivity contribution in [3.63, 3.8) is 0 Å². The fraction of sp³-hybridized carbons (Fsp3) is 0.455. The normalized spacial score (nSPS) is 12.2. The average Bonchev–Trinajstić information content (AvgIpc) is 2.26. The third-order valence-corrected chi connectivity index (χ3v) is 2.33. The van der Waals surface area contributed by atoms with E-state index in [0.29, 0.717) is 17.3 Å². The minimum absolute atomic E-state index is 0.0143. The highest BCUT2D eigenvalue weighted by molar-refractivity contribution is 6.29. The molecule has 1 aromatic rings. The van der Waals surface area contributed by atoms with E-state index in [0.717, 1.165) is 6.42 Å². The number of hydrogen-bond donors (Lipinski definition) is 2. The molecule has 1 aromatic heterocycles. The molecule has 1 rings (SSSR count). The van der Waals surface area contributed by atoms with Crippen molar-refractivity contribution in [2.75, 3.05) is 6.61 Å². The fourth-order valence-corrected chi connectivity index (χ4v) is 1.47. The molecule has 0 saturated heterocycles. The van der Waals surface area contributed by atoms with E-state index in [1.165, 1.54) is 0 Å². The molecule has 0 bridgehead atoms. The summed E-state index contributed by atoms with van der Waals surface area (Å²) >= 11 is 5.68. The molecule has 0 saturated carbocycles. The zero-order valence-corrected chi connectivity index (χ0v) is 9.87. The molecule has 88 valence electrons. The summed E-state index contributed by atoms with van der Waals surface area (Å²) in [6.45, 7) is 2.02. The summed E-state index contributed by atoms with van der Waals surface area (Å²) in [5, 5.41) is 11.7. The van der Waals surface area contributed by atoms with E-state index in [1.54, 1.807) is 18.2 Å². The van der Waals surface area contributed by atoms with Crippen LogP contribution < -0.4 is 5.32 Å². The number of nitrogens with zero attached hydrogens (tertiary/aromatic N) is 1. The lowest BCUT2D eigenvalue weighted by atomic mass is 10.2. The van der Waals surface area contributed by atoms with Gasteiger partial charge in [0.1, 0.15) is 10.8 Å². The number of aliphatic hydroxyl groups excluding tert-OH is 1. The Morgan fingerprint density at radius 1 is 1.62 bits per heavy atom. The molecule has 0 aliphatic carbocycles. The molecule has 0 radical (unpaired) electrons. The summed E-state index contributed by atoms with van der Waals surface area (Å²) in [5.74, 6) is -0.243. The van der Waals surface area contributed by atoms with Gasteiger partial charge in [0, 0.05) is 12.6 Å². The predicted octanol–water partition coefficient (Wildman–Crippen LogP) is 1.63. The van der Waals surface area contributed by atoms with Crippen LogP contribution >= 0.6 is 11.6 Å². The first-order chi connectivity index (χ1) is 7.63. The average molecular weight is 243 g/mol. The standard InChI is InChI=1S/C11H15ClN2O2/c1-8(4-3-7-15)13-11(16)9-5-2-6-10(12)14-9/h2,5-6,8,15H,3-4,7H2,1H3,(H,13,16). The van der Waals surface area contributed by atoms with Crippen LogP contribution in [0.15, 0.2) is 18.2 Å². The molecule has 1 unspecified atom stereocenters. The zero-order chi connectivity index (χ0) is 12.0. The number of carbonyl (C=O) groups excluding carboxylic acids is 1. The Bertz CT molecular complexity index is 358. The third-order valence-electron chi connectivity index (χ3n) is 2.12. The molecular weight excluding hydrogens is 228 g/mol. The SMILES string of the molecule is CC(CCCO)NC(=O)c1cccc(Cl)n1. The van der Waals surface area contributed by atoms with E-state index >= 15 is 0 Å². The maximum Gasteiger partial charge on any atom is 0.270 e. The van der Waals surface area contributed by atoms with Gasteiger partial charge in [0.15, 0.2) is 0 Å². The van der Waals surface area contributed by atoms with Crippen LogP contribution in [0.5, 0.6) is 0 Å². The molecule has 2 N–H and O–H groups in total. The summed E-state index contributed by atoms with van der Waals surface area (Å²) < 4.78 is 0. The Labute approximate surface area is 99.6 Å². The summed E-state index contributed by atoms with van der Waals surface area (Å²) in [7, 11) is 0. The molecule has 1 atom stereocenters. The van der Waals surface area contributed by atoms with Gasteiger partial charge in [-0.15, -0.1) is 0 Å². The first-order valence-corrected chi connectivity index (χ1v) is 5.55. The highest BCUT2D eigenvalue weighted by atomic mass is 35.5. The van der Waals surface area contributed by atoms with Crippen LogP contribution in [0, 0.1) is 0 Å². The number of amides is 1. The molecule has 0 spiro atoms. The lowest BCUT2D eigenvalue weighted by molar-refractivity contribution is 0.0931. The maximum absolute atomic E-state index is 11.7. The van der Waals surface area contributed by atoms with Crippen molar-refractivity contribution >= 4 is 17.5 Å². The summed E-state index contributed by atoms with van der Waals surface area (Å²) in [6.07, 6.45) is 1.41. The lowest BCUT2D eigenvalue weighted by Crippen LogP contribution is -2.33. The van der Waals surface area contributed by atoms with Crippen molar-refractivity contribution in [2.24, 2.45) is 0 Å². The molecule has 1 heterocycles. The second-order valence-electron chi connectivity index (χ2n) is 3.59. The zero-order valence-electron chi connectivity index (χ0n) is 9.11. The van der Waals surface area contributed by atoms with Crippen molar-refractivity contribution < 1.29 is 9.90 Å². The van der Waals surface area contributed by atoms with Crippen LogP contribution in [0.2, 0.25) is 5.15 Å². The van der Waals surface area contributed by atoms with Gasteiger partial charge >= 0.3 is 0 Å². The monoisotopic (exact) mass is 242 g/mol. The minimum Gasteiger partial charge on any atom is -0.396 e. The van der Waals surface area contributed by atoms with Crippen LogP contribution in [0.1, 0.15) is 30.3 Å². The molecule has 1 amide bonds. The smallest absolute Gasteiger partial charge is 0.270 e. The van der Waals surface area contributed by atoms with E-state index in [9.17, 15) is 4.79 Å². The number of carbonyl (C=O) groups is 1. The number of halogens is 1. The van der Waals surface area contributed by atoms with Gasteiger partial charge in [0.2, 0.25) is 0 Å². The Balaban J connectivity index is 2.52. The Kier molecular flexibility index (Phi) is 5.22. The van der Waals surface area contributed by atoms with Crippen molar-refractivity contribution in [3.05, 3.63) is 29.0 Å². The second kappa shape index (κ2) is 6.45. The largest absolute Gasteiger partial charge is 0.396 e. The van der Waals surface area contributed by atoms with Gasteiger partial charge < -0.3 is 10.4 Å². The quantitative estimate of drug-likeness (QED) is 0.772. The minimum atomic E-state index is -0.243. The Morgan fingerprint density at radius 2 is 2.38 bits per heavy atom. The molecule has 0 fully saturated rings. The summed E-state index contributed by atoms with van der Waals surface area (Å²) in [4.78, 5) is 15.6. The molecule has 5 heteroatoms. The summed E-state index contributed by atoms with van der Waals surface area (Å²) in [5.41, 5.74) is 0.309. The number of aliphatic hydroxyl groups is 1. The van der Waals surface area contributed by atoms with Crippen LogP contribution in [0.3, 0.4) is 0 Å². The highest BCUT2D eigenvalue weighted by Crippen LogP contribution is 2.05. The molecule has 16 heavy (non-hydrogen) atoms. The number of rotatable bonds is 5. The first kappa shape index (κ1) is 12.9. The molecule has 0 aliphatic heterocycles. The number of aromatic nitrogens is 1. The predicted molar refractivity (Wildman–Crippen MR) is 62.5 cm³/mol.